The first-order valence-electron chi connectivity index (χ1n) is 16.0. The van der Waals surface area contributed by atoms with Crippen molar-refractivity contribution in [3.8, 4) is 0 Å². The standard InChI is InChI=1S/C32H42N6O7S/c39-28(34-24-17-20-37(21-24)29(40)12-4-8-23-14-13-22-7-5-18-33-30(22)35-23)16-15-26(32(42)43)36-31(41)27-11-6-19-38(27)46(44,45)25-9-2-1-3-10-25/h1-3,9-10,13-14,24,26-27H,4-8,11-12,15-21H2,(H,33,35)(H,34,39)(H,36,41)(H,42,43)/t24-,26+,27+/m0/s1. The van der Waals surface area contributed by atoms with Crippen LogP contribution >= 0.6 is 0 Å². The fraction of sp³-hybridized carbons (Fsp3) is 0.531. The third kappa shape index (κ3) is 8.21. The monoisotopic (exact) mass is 654 g/mol. The van der Waals surface area contributed by atoms with Crippen molar-refractivity contribution in [3.63, 3.8) is 0 Å². The summed E-state index contributed by atoms with van der Waals surface area (Å²) in [6.45, 7) is 1.99. The summed E-state index contributed by atoms with van der Waals surface area (Å²) >= 11 is 0. The maximum atomic E-state index is 13.1. The highest BCUT2D eigenvalue weighted by molar-refractivity contribution is 7.89. The zero-order valence-electron chi connectivity index (χ0n) is 25.8. The summed E-state index contributed by atoms with van der Waals surface area (Å²) < 4.78 is 27.3. The number of aliphatic carboxylic acids is 1. The van der Waals surface area contributed by atoms with Gasteiger partial charge in [0.05, 0.1) is 4.90 Å². The van der Waals surface area contributed by atoms with Crippen LogP contribution in [0.1, 0.15) is 62.6 Å². The van der Waals surface area contributed by atoms with Gasteiger partial charge in [-0.25, -0.2) is 18.2 Å². The van der Waals surface area contributed by atoms with E-state index in [9.17, 15) is 32.7 Å². The molecule has 0 bridgehead atoms. The van der Waals surface area contributed by atoms with Gasteiger partial charge in [0.2, 0.25) is 27.7 Å². The molecule has 4 heterocycles. The van der Waals surface area contributed by atoms with Crippen molar-refractivity contribution in [1.29, 1.82) is 0 Å². The van der Waals surface area contributed by atoms with Crippen LogP contribution in [0, 0.1) is 0 Å². The summed E-state index contributed by atoms with van der Waals surface area (Å²) in [6, 6.07) is 9.29. The van der Waals surface area contributed by atoms with Crippen LogP contribution in [0.4, 0.5) is 5.82 Å². The number of benzene rings is 1. The van der Waals surface area contributed by atoms with Gasteiger partial charge in [-0.15, -0.1) is 0 Å². The maximum Gasteiger partial charge on any atom is 0.326 e. The molecular formula is C32H42N6O7S. The zero-order chi connectivity index (χ0) is 32.7. The topological polar surface area (TPSA) is 178 Å². The van der Waals surface area contributed by atoms with Crippen molar-refractivity contribution in [2.24, 2.45) is 0 Å². The second kappa shape index (κ2) is 15.0. The summed E-state index contributed by atoms with van der Waals surface area (Å²) in [5.74, 6) is -1.41. The Morgan fingerprint density at radius 3 is 2.61 bits per heavy atom. The van der Waals surface area contributed by atoms with E-state index in [1.165, 1.54) is 17.7 Å². The lowest BCUT2D eigenvalue weighted by molar-refractivity contribution is -0.142. The molecule has 5 rings (SSSR count). The Labute approximate surface area is 269 Å². The Morgan fingerprint density at radius 2 is 1.83 bits per heavy atom. The van der Waals surface area contributed by atoms with E-state index < -0.39 is 34.0 Å². The molecule has 0 saturated carbocycles. The van der Waals surface area contributed by atoms with Gasteiger partial charge < -0.3 is 26.0 Å². The molecule has 0 unspecified atom stereocenters. The average molecular weight is 655 g/mol. The summed E-state index contributed by atoms with van der Waals surface area (Å²) in [6.07, 6.45) is 4.92. The molecule has 3 amide bonds. The van der Waals surface area contributed by atoms with Crippen LogP contribution in [0.3, 0.4) is 0 Å². The number of anilines is 1. The number of sulfonamides is 1. The number of aromatic nitrogens is 1. The number of nitrogens with zero attached hydrogens (tertiary/aromatic N) is 3. The number of carbonyl (C=O) groups excluding carboxylic acids is 3. The lowest BCUT2D eigenvalue weighted by Gasteiger charge is -2.25. The molecule has 0 spiro atoms. The van der Waals surface area contributed by atoms with Crippen LogP contribution in [-0.4, -0.2) is 95.7 Å². The molecule has 2 saturated heterocycles. The Bertz CT molecular complexity index is 1540. The minimum atomic E-state index is -3.93. The van der Waals surface area contributed by atoms with Crippen LogP contribution in [0.15, 0.2) is 47.4 Å². The number of rotatable bonds is 13. The Kier molecular flexibility index (Phi) is 10.9. The number of amides is 3. The molecule has 1 aromatic heterocycles. The number of hydrogen-bond donors (Lipinski definition) is 4. The normalized spacial score (nSPS) is 20.4. The maximum absolute atomic E-state index is 13.1. The highest BCUT2D eigenvalue weighted by Crippen LogP contribution is 2.26. The highest BCUT2D eigenvalue weighted by atomic mass is 32.2. The molecule has 0 radical (unpaired) electrons. The van der Waals surface area contributed by atoms with Crippen LogP contribution in [0.2, 0.25) is 0 Å². The van der Waals surface area contributed by atoms with E-state index in [2.05, 4.69) is 27.0 Å². The summed E-state index contributed by atoms with van der Waals surface area (Å²) in [4.78, 5) is 57.0. The van der Waals surface area contributed by atoms with Crippen molar-refractivity contribution in [2.45, 2.75) is 87.2 Å². The summed E-state index contributed by atoms with van der Waals surface area (Å²) in [5.41, 5.74) is 2.19. The first kappa shape index (κ1) is 33.3. The number of carbonyl (C=O) groups is 4. The SMILES string of the molecule is O=C(CC[C@@H](NC(=O)[C@H]1CCCN1S(=O)(=O)c1ccccc1)C(=O)O)N[C@H]1CCN(C(=O)CCCc2ccc3c(n2)NCCC3)C1. The van der Waals surface area contributed by atoms with E-state index in [-0.39, 0.29) is 48.6 Å². The predicted octanol–water partition coefficient (Wildman–Crippen LogP) is 1.68. The first-order chi connectivity index (χ1) is 22.1. The molecule has 3 aliphatic rings. The molecule has 4 N–H and O–H groups in total. The van der Waals surface area contributed by atoms with Crippen molar-refractivity contribution in [2.75, 3.05) is 31.5 Å². The summed E-state index contributed by atoms with van der Waals surface area (Å²) in [5, 5.41) is 18.4. The third-order valence-electron chi connectivity index (χ3n) is 8.81. The predicted molar refractivity (Wildman–Crippen MR) is 169 cm³/mol. The molecule has 14 heteroatoms. The van der Waals surface area contributed by atoms with Gasteiger partial charge in [0.15, 0.2) is 0 Å². The van der Waals surface area contributed by atoms with Crippen molar-refractivity contribution < 1.29 is 32.7 Å². The van der Waals surface area contributed by atoms with Crippen LogP contribution < -0.4 is 16.0 Å². The first-order valence-corrected chi connectivity index (χ1v) is 17.5. The van der Waals surface area contributed by atoms with E-state index in [1.54, 1.807) is 23.1 Å². The number of pyridine rings is 1. The molecule has 2 fully saturated rings. The van der Waals surface area contributed by atoms with Gasteiger partial charge in [0, 0.05) is 50.8 Å². The van der Waals surface area contributed by atoms with E-state index in [4.69, 9.17) is 0 Å². The lowest BCUT2D eigenvalue weighted by atomic mass is 10.1. The molecule has 2 aromatic rings. The fourth-order valence-electron chi connectivity index (χ4n) is 6.31. The van der Waals surface area contributed by atoms with Crippen molar-refractivity contribution in [3.05, 3.63) is 53.7 Å². The van der Waals surface area contributed by atoms with E-state index in [0.29, 0.717) is 45.2 Å². The molecule has 3 atom stereocenters. The third-order valence-corrected chi connectivity index (χ3v) is 10.7. The number of likely N-dealkylation sites (tertiary alicyclic amines) is 1. The van der Waals surface area contributed by atoms with Crippen LogP contribution in [0.5, 0.6) is 0 Å². The van der Waals surface area contributed by atoms with Crippen molar-refractivity contribution in [1.82, 2.24) is 24.8 Å². The Balaban J connectivity index is 1.04. The second-order valence-corrected chi connectivity index (χ2v) is 14.0. The minimum Gasteiger partial charge on any atom is -0.480 e. The van der Waals surface area contributed by atoms with Gasteiger partial charge in [-0.05, 0) is 75.1 Å². The quantitative estimate of drug-likeness (QED) is 0.250. The zero-order valence-corrected chi connectivity index (χ0v) is 26.6. The van der Waals surface area contributed by atoms with Gasteiger partial charge in [-0.2, -0.15) is 4.31 Å². The van der Waals surface area contributed by atoms with Crippen molar-refractivity contribution >= 4 is 39.5 Å². The minimum absolute atomic E-state index is 0.0247. The summed E-state index contributed by atoms with van der Waals surface area (Å²) in [7, 11) is -3.93. The lowest BCUT2D eigenvalue weighted by Crippen LogP contribution is -2.51. The van der Waals surface area contributed by atoms with Gasteiger partial charge in [-0.1, -0.05) is 24.3 Å². The molecule has 3 aliphatic heterocycles. The Morgan fingerprint density at radius 1 is 1.02 bits per heavy atom. The number of aryl methyl sites for hydroxylation is 2. The molecule has 248 valence electrons. The van der Waals surface area contributed by atoms with Gasteiger partial charge in [0.25, 0.3) is 0 Å². The number of nitrogens with one attached hydrogen (secondary N) is 3. The number of fused-ring (bicyclic) bond motifs is 1. The van der Waals surface area contributed by atoms with Gasteiger partial charge in [-0.3, -0.25) is 14.4 Å². The van der Waals surface area contributed by atoms with Gasteiger partial charge in [0.1, 0.15) is 17.9 Å². The van der Waals surface area contributed by atoms with Crippen LogP contribution in [-0.2, 0) is 42.0 Å². The molecule has 46 heavy (non-hydrogen) atoms. The molecule has 13 nitrogen and oxygen atoms in total. The smallest absolute Gasteiger partial charge is 0.326 e. The Hall–Kier alpha value is -4.04. The number of carboxylic acid groups (broad SMARTS) is 1. The van der Waals surface area contributed by atoms with Crippen LogP contribution in [0.25, 0.3) is 0 Å². The molecule has 0 aliphatic carbocycles. The largest absolute Gasteiger partial charge is 0.480 e. The molecular weight excluding hydrogens is 612 g/mol. The second-order valence-electron chi connectivity index (χ2n) is 12.1. The number of carboxylic acids is 1. The van der Waals surface area contributed by atoms with Gasteiger partial charge >= 0.3 is 5.97 Å². The fourth-order valence-corrected chi connectivity index (χ4v) is 7.99. The highest BCUT2D eigenvalue weighted by Gasteiger charge is 2.40. The number of hydrogen-bond acceptors (Lipinski definition) is 8. The molecule has 1 aromatic carbocycles. The van der Waals surface area contributed by atoms with E-state index in [1.807, 2.05) is 6.07 Å². The average Bonchev–Trinajstić information content (AvgIpc) is 3.74. The van der Waals surface area contributed by atoms with E-state index >= 15 is 0 Å². The van der Waals surface area contributed by atoms with E-state index in [0.717, 1.165) is 35.2 Å².